The van der Waals surface area contributed by atoms with Gasteiger partial charge in [-0.05, 0) is 144 Å². The summed E-state index contributed by atoms with van der Waals surface area (Å²) in [5, 5.41) is 24.2. The van der Waals surface area contributed by atoms with Crippen LogP contribution in [0.4, 0.5) is 0 Å². The Morgan fingerprint density at radius 3 is 1.21 bits per heavy atom. The molecule has 0 aromatic heterocycles. The van der Waals surface area contributed by atoms with Crippen molar-refractivity contribution >= 4 is 24.8 Å². The molecule has 3 aromatic carbocycles. The van der Waals surface area contributed by atoms with E-state index in [0.717, 1.165) is 95.7 Å². The van der Waals surface area contributed by atoms with Crippen LogP contribution in [0, 0.1) is 20.8 Å². The van der Waals surface area contributed by atoms with Crippen molar-refractivity contribution in [1.82, 2.24) is 26.5 Å². The second-order valence-electron chi connectivity index (χ2n) is 14.4. The first-order valence-corrected chi connectivity index (χ1v) is 20.1. The van der Waals surface area contributed by atoms with Gasteiger partial charge in [-0.1, -0.05) is 36.4 Å². The van der Waals surface area contributed by atoms with Crippen molar-refractivity contribution < 1.29 is 33.6 Å². The molecule has 13 nitrogen and oxygen atoms in total. The molecular weight excluding hydrogens is 735 g/mol. The van der Waals surface area contributed by atoms with E-state index in [1.807, 2.05) is 70.3 Å². The van der Waals surface area contributed by atoms with Gasteiger partial charge in [-0.2, -0.15) is 0 Å². The fourth-order valence-electron chi connectivity index (χ4n) is 6.48. The number of carbonyl (C=O) groups is 3. The van der Waals surface area contributed by atoms with Crippen LogP contribution in [0.2, 0.25) is 6.82 Å². The zero-order chi connectivity index (χ0) is 43.6. The van der Waals surface area contributed by atoms with Crippen molar-refractivity contribution in [2.45, 2.75) is 105 Å². The number of benzene rings is 3. The average molecular weight is 807 g/mol. The maximum Gasteiger partial charge on any atom is 0.373 e. The van der Waals surface area contributed by atoms with Crippen molar-refractivity contribution in [2.75, 3.05) is 48.0 Å². The highest BCUT2D eigenvalue weighted by atomic mass is 16.5. The SMILES string of the molecule is CNCCC[C@@H](NC(C)=O)c1ccc(OC)c(C)c1.COc1ccc([C@@H](CCCN)NC(C)=O)cc1C.COc1ccc([C@@H](CCCNB(C)O)NC(C)=O)cc1C. The van der Waals surface area contributed by atoms with E-state index < -0.39 is 7.05 Å². The summed E-state index contributed by atoms with van der Waals surface area (Å²) >= 11 is 0. The van der Waals surface area contributed by atoms with Crippen LogP contribution in [-0.4, -0.2) is 77.8 Å². The number of amides is 3. The average Bonchev–Trinajstić information content (AvgIpc) is 3.17. The predicted molar refractivity (Wildman–Crippen MR) is 235 cm³/mol. The van der Waals surface area contributed by atoms with Crippen LogP contribution in [-0.2, 0) is 14.4 Å². The number of ether oxygens (including phenoxy) is 3. The molecule has 58 heavy (non-hydrogen) atoms. The Kier molecular flexibility index (Phi) is 25.5. The molecule has 3 atom stereocenters. The molecule has 3 rings (SSSR count). The number of nitrogens with two attached hydrogens (primary N) is 1. The highest BCUT2D eigenvalue weighted by Gasteiger charge is 2.16. The van der Waals surface area contributed by atoms with Crippen LogP contribution in [0.1, 0.15) is 111 Å². The molecule has 0 saturated heterocycles. The molecule has 0 aliphatic carbocycles. The first kappa shape index (κ1) is 51.4. The first-order valence-electron chi connectivity index (χ1n) is 20.1. The van der Waals surface area contributed by atoms with E-state index in [4.69, 9.17) is 19.9 Å². The number of methoxy groups -OCH3 is 3. The Hall–Kier alpha value is -4.63. The summed E-state index contributed by atoms with van der Waals surface area (Å²) in [5.74, 6) is 2.51. The minimum atomic E-state index is -0.507. The highest BCUT2D eigenvalue weighted by molar-refractivity contribution is 6.45. The molecule has 14 heteroatoms. The molecule has 0 unspecified atom stereocenters. The van der Waals surface area contributed by atoms with E-state index in [0.29, 0.717) is 13.1 Å². The summed E-state index contributed by atoms with van der Waals surface area (Å²) in [6.07, 6.45) is 5.35. The van der Waals surface area contributed by atoms with Gasteiger partial charge in [-0.3, -0.25) is 14.4 Å². The van der Waals surface area contributed by atoms with Gasteiger partial charge in [0.25, 0.3) is 0 Å². The molecule has 322 valence electrons. The fourth-order valence-corrected chi connectivity index (χ4v) is 6.48. The highest BCUT2D eigenvalue weighted by Crippen LogP contribution is 2.27. The van der Waals surface area contributed by atoms with Gasteiger partial charge in [-0.25, -0.2) is 0 Å². The summed E-state index contributed by atoms with van der Waals surface area (Å²) < 4.78 is 15.8. The molecule has 0 saturated carbocycles. The third-order valence-electron chi connectivity index (χ3n) is 9.32. The van der Waals surface area contributed by atoms with E-state index in [1.165, 1.54) is 13.8 Å². The quantitative estimate of drug-likeness (QED) is 0.0516. The Balaban J connectivity index is 0.000000436. The zero-order valence-corrected chi connectivity index (χ0v) is 36.8. The molecule has 0 aliphatic heterocycles. The Labute approximate surface area is 348 Å². The molecule has 0 bridgehead atoms. The predicted octanol–water partition coefficient (Wildman–Crippen LogP) is 5.76. The van der Waals surface area contributed by atoms with Gasteiger partial charge >= 0.3 is 7.05 Å². The van der Waals surface area contributed by atoms with Gasteiger partial charge in [0.05, 0.1) is 39.5 Å². The summed E-state index contributed by atoms with van der Waals surface area (Å²) in [4.78, 5) is 33.9. The van der Waals surface area contributed by atoms with Crippen molar-refractivity contribution in [3.8, 4) is 17.2 Å². The second-order valence-corrected chi connectivity index (χ2v) is 14.4. The Morgan fingerprint density at radius 2 is 0.948 bits per heavy atom. The van der Waals surface area contributed by atoms with Crippen molar-refractivity contribution in [3.63, 3.8) is 0 Å². The third kappa shape index (κ3) is 20.2. The fraction of sp³-hybridized carbons (Fsp3) is 0.523. The third-order valence-corrected chi connectivity index (χ3v) is 9.32. The van der Waals surface area contributed by atoms with Crippen LogP contribution >= 0.6 is 0 Å². The first-order chi connectivity index (χ1) is 27.6. The molecule has 0 heterocycles. The number of hydrogen-bond acceptors (Lipinski definition) is 10. The van der Waals surface area contributed by atoms with Crippen LogP contribution in [0.25, 0.3) is 0 Å². The molecule has 0 radical (unpaired) electrons. The lowest BCUT2D eigenvalue weighted by Crippen LogP contribution is -2.32. The van der Waals surface area contributed by atoms with Crippen molar-refractivity contribution in [2.24, 2.45) is 5.73 Å². The molecule has 8 N–H and O–H groups in total. The topological polar surface area (TPSA) is 185 Å². The van der Waals surface area contributed by atoms with Gasteiger partial charge < -0.3 is 51.5 Å². The van der Waals surface area contributed by atoms with Crippen LogP contribution < -0.4 is 46.4 Å². The summed E-state index contributed by atoms with van der Waals surface area (Å²) in [7, 11) is 6.40. The molecule has 3 aromatic rings. The number of rotatable bonds is 21. The van der Waals surface area contributed by atoms with Crippen LogP contribution in [0.5, 0.6) is 17.2 Å². The van der Waals surface area contributed by atoms with Gasteiger partial charge in [0.2, 0.25) is 17.7 Å². The van der Waals surface area contributed by atoms with E-state index >= 15 is 0 Å². The molecule has 0 fully saturated rings. The van der Waals surface area contributed by atoms with Crippen LogP contribution in [0.15, 0.2) is 54.6 Å². The monoisotopic (exact) mass is 807 g/mol. The minimum Gasteiger partial charge on any atom is -0.496 e. The normalized spacial score (nSPS) is 11.9. The number of aryl methyl sites for hydroxylation is 3. The lowest BCUT2D eigenvalue weighted by molar-refractivity contribution is -0.120. The molecule has 0 spiro atoms. The molecular formula is C44H71BN6O7. The van der Waals surface area contributed by atoms with Gasteiger partial charge in [0.1, 0.15) is 17.2 Å². The number of nitrogens with one attached hydrogen (secondary N) is 5. The van der Waals surface area contributed by atoms with Crippen LogP contribution in [0.3, 0.4) is 0 Å². The van der Waals surface area contributed by atoms with Crippen molar-refractivity contribution in [1.29, 1.82) is 0 Å². The molecule has 0 aliphatic rings. The lowest BCUT2D eigenvalue weighted by atomic mass is 9.88. The van der Waals surface area contributed by atoms with E-state index in [2.05, 4.69) is 38.6 Å². The Morgan fingerprint density at radius 1 is 0.621 bits per heavy atom. The van der Waals surface area contributed by atoms with Gasteiger partial charge in [0.15, 0.2) is 0 Å². The largest absolute Gasteiger partial charge is 0.496 e. The summed E-state index contributed by atoms with van der Waals surface area (Å²) in [6.45, 7) is 14.6. The smallest absolute Gasteiger partial charge is 0.373 e. The standard InChI is InChI=1S/C15H25BN2O3.C15H24N2O2.C14H22N2O2/c1-11-10-13(7-8-15(11)21-4)14(18-12(2)19)6-5-9-17-16(3)20;1-11-10-13(7-8-15(11)19-4)14(17-12(2)18)6-5-9-16-3;1-10-9-12(6-7-14(10)18-3)13(5-4-8-15)16-11(2)17/h7-8,10,14,17,20H,5-6,9H2,1-4H3,(H,18,19);7-8,10,14,16H,5-6,9H2,1-4H3,(H,17,18);6-7,9,13H,4-5,8,15H2,1-3H3,(H,16,17)/t2*14-;13-/m111/s1. The van der Waals surface area contributed by atoms with Crippen molar-refractivity contribution in [3.05, 3.63) is 88.0 Å². The number of carbonyl (C=O) groups excluding carboxylic acids is 3. The minimum absolute atomic E-state index is 0.00271. The summed E-state index contributed by atoms with van der Waals surface area (Å²) in [6, 6.07) is 18.0. The number of hydrogen-bond donors (Lipinski definition) is 7. The van der Waals surface area contributed by atoms with E-state index in [-0.39, 0.29) is 35.8 Å². The maximum absolute atomic E-state index is 11.4. The van der Waals surface area contributed by atoms with E-state index in [9.17, 15) is 19.4 Å². The maximum atomic E-state index is 11.4. The van der Waals surface area contributed by atoms with E-state index in [1.54, 1.807) is 35.1 Å². The Bertz CT molecular complexity index is 1680. The lowest BCUT2D eigenvalue weighted by Gasteiger charge is -2.20. The molecule has 3 amide bonds. The zero-order valence-electron chi connectivity index (χ0n) is 36.8. The van der Waals surface area contributed by atoms with Gasteiger partial charge in [0, 0.05) is 20.8 Å². The van der Waals surface area contributed by atoms with Gasteiger partial charge in [-0.15, -0.1) is 0 Å². The summed E-state index contributed by atoms with van der Waals surface area (Å²) in [5.41, 5.74) is 12.0. The second kappa shape index (κ2) is 28.7.